The Labute approximate surface area is 251 Å². The van der Waals surface area contributed by atoms with Crippen molar-refractivity contribution in [3.8, 4) is 0 Å². The Kier molecular flexibility index (Phi) is 8.72. The maximum atomic E-state index is 14.3. The van der Waals surface area contributed by atoms with Gasteiger partial charge in [-0.1, -0.05) is 35.3 Å². The van der Waals surface area contributed by atoms with E-state index in [2.05, 4.69) is 4.98 Å². The van der Waals surface area contributed by atoms with Crippen molar-refractivity contribution in [1.29, 1.82) is 0 Å². The average Bonchev–Trinajstić information content (AvgIpc) is 3.40. The molecule has 6 nitrogen and oxygen atoms in total. The van der Waals surface area contributed by atoms with E-state index in [4.69, 9.17) is 23.2 Å². The van der Waals surface area contributed by atoms with E-state index in [-0.39, 0.29) is 24.5 Å². The Morgan fingerprint density at radius 1 is 1.02 bits per heavy atom. The van der Waals surface area contributed by atoms with E-state index >= 15 is 0 Å². The van der Waals surface area contributed by atoms with Gasteiger partial charge in [-0.05, 0) is 73.0 Å². The summed E-state index contributed by atoms with van der Waals surface area (Å²) in [7, 11) is 1.80. The lowest BCUT2D eigenvalue weighted by molar-refractivity contribution is -0.140. The molecule has 0 spiro atoms. The molecule has 5 rings (SSSR count). The molecule has 2 atom stereocenters. The molecule has 2 aliphatic heterocycles. The second-order valence-corrected chi connectivity index (χ2v) is 11.8. The molecule has 0 radical (unpaired) electrons. The van der Waals surface area contributed by atoms with Gasteiger partial charge in [-0.15, -0.1) is 0 Å². The molecule has 0 aliphatic carbocycles. The summed E-state index contributed by atoms with van der Waals surface area (Å²) >= 11 is 12.5. The van der Waals surface area contributed by atoms with Crippen molar-refractivity contribution in [3.05, 3.63) is 99.0 Å². The normalized spacial score (nSPS) is 20.8. The molecule has 1 N–H and O–H groups in total. The van der Waals surface area contributed by atoms with Crippen LogP contribution in [0.15, 0.2) is 60.9 Å². The van der Waals surface area contributed by atoms with Crippen LogP contribution in [0.3, 0.4) is 0 Å². The third-order valence-corrected chi connectivity index (χ3v) is 9.09. The monoisotopic (exact) mass is 624 g/mol. The molecule has 2 saturated heterocycles. The lowest BCUT2D eigenvalue weighted by Gasteiger charge is -2.39. The number of piperidine rings is 1. The maximum Gasteiger partial charge on any atom is 0.419 e. The topological polar surface area (TPSA) is 59.9 Å². The van der Waals surface area contributed by atoms with Gasteiger partial charge in [-0.2, -0.15) is 13.2 Å². The fourth-order valence-electron chi connectivity index (χ4n) is 5.97. The van der Waals surface area contributed by atoms with Gasteiger partial charge in [0.2, 0.25) is 0 Å². The molecule has 1 aromatic heterocycles. The molecule has 1 unspecified atom stereocenters. The van der Waals surface area contributed by atoms with Gasteiger partial charge < -0.3 is 14.9 Å². The molecule has 3 heterocycles. The van der Waals surface area contributed by atoms with Crippen molar-refractivity contribution >= 4 is 29.2 Å². The Morgan fingerprint density at radius 3 is 2.33 bits per heavy atom. The van der Waals surface area contributed by atoms with Crippen molar-refractivity contribution < 1.29 is 27.5 Å². The van der Waals surface area contributed by atoms with Gasteiger partial charge in [0.25, 0.3) is 0 Å². The van der Waals surface area contributed by atoms with Crippen LogP contribution in [0.2, 0.25) is 10.0 Å². The summed E-state index contributed by atoms with van der Waals surface area (Å²) in [5.74, 6) is -1.51. The van der Waals surface area contributed by atoms with Crippen LogP contribution in [0.1, 0.15) is 41.0 Å². The number of likely N-dealkylation sites (N-methyl/N-ethyl adjacent to an activating group) is 1. The largest absolute Gasteiger partial charge is 0.419 e. The summed E-state index contributed by atoms with van der Waals surface area (Å²) < 4.78 is 53.5. The highest BCUT2D eigenvalue weighted by Gasteiger charge is 2.42. The number of amides is 2. The lowest BCUT2D eigenvalue weighted by Crippen LogP contribution is -2.50. The number of carbonyl (C=O) groups is 1. The smallest absolute Gasteiger partial charge is 0.385 e. The number of aromatic nitrogens is 1. The average molecular weight is 625 g/mol. The molecule has 0 saturated carbocycles. The van der Waals surface area contributed by atoms with Crippen molar-refractivity contribution in [2.75, 3.05) is 33.2 Å². The van der Waals surface area contributed by atoms with E-state index in [1.165, 1.54) is 6.07 Å². The first-order valence-electron chi connectivity index (χ1n) is 13.5. The minimum atomic E-state index is -4.78. The molecule has 224 valence electrons. The van der Waals surface area contributed by atoms with Gasteiger partial charge in [0.05, 0.1) is 21.2 Å². The number of urea groups is 1. The predicted molar refractivity (Wildman–Crippen MR) is 152 cm³/mol. The van der Waals surface area contributed by atoms with Crippen LogP contribution in [0.25, 0.3) is 0 Å². The summed E-state index contributed by atoms with van der Waals surface area (Å²) in [6, 6.07) is 11.4. The van der Waals surface area contributed by atoms with E-state index < -0.39 is 23.2 Å². The third kappa shape index (κ3) is 6.37. The summed E-state index contributed by atoms with van der Waals surface area (Å²) in [5.41, 5.74) is -0.329. The van der Waals surface area contributed by atoms with E-state index in [1.807, 2.05) is 11.0 Å². The van der Waals surface area contributed by atoms with Crippen LogP contribution >= 0.6 is 23.2 Å². The van der Waals surface area contributed by atoms with E-state index in [0.717, 1.165) is 23.3 Å². The number of carbonyl (C=O) groups excluding carboxylic acids is 1. The van der Waals surface area contributed by atoms with Crippen LogP contribution < -0.4 is 0 Å². The molecule has 2 aromatic carbocycles. The number of benzene rings is 2. The van der Waals surface area contributed by atoms with Crippen LogP contribution in [0, 0.1) is 5.82 Å². The summed E-state index contributed by atoms with van der Waals surface area (Å²) in [6.07, 6.45) is -0.741. The quantitative estimate of drug-likeness (QED) is 0.327. The highest BCUT2D eigenvalue weighted by atomic mass is 35.5. The Hall–Kier alpha value is -2.92. The molecule has 2 aliphatic rings. The highest BCUT2D eigenvalue weighted by molar-refractivity contribution is 6.42. The summed E-state index contributed by atoms with van der Waals surface area (Å²) in [6.45, 7) is 1.63. The zero-order chi connectivity index (χ0) is 30.2. The number of halogens is 6. The van der Waals surface area contributed by atoms with Crippen molar-refractivity contribution in [2.45, 2.75) is 43.1 Å². The molecule has 2 fully saturated rings. The van der Waals surface area contributed by atoms with E-state index in [1.54, 1.807) is 53.5 Å². The fraction of sp³-hybridized carbons (Fsp3) is 0.400. The summed E-state index contributed by atoms with van der Waals surface area (Å²) in [4.78, 5) is 23.1. The van der Waals surface area contributed by atoms with Crippen molar-refractivity contribution in [2.24, 2.45) is 0 Å². The number of aliphatic hydroxyl groups is 1. The van der Waals surface area contributed by atoms with Gasteiger partial charge in [0.1, 0.15) is 5.82 Å². The first-order chi connectivity index (χ1) is 19.9. The molecule has 42 heavy (non-hydrogen) atoms. The first-order valence-corrected chi connectivity index (χ1v) is 14.3. The SMILES string of the molecule is CN(Cc1ccc(C(F)(F)F)c(F)c1)C1CN(C(=O)N2CCC(O)(c3ccncc3)CC2)C[C@@H]1c1ccc(Cl)c(Cl)c1. The number of hydrogen-bond donors (Lipinski definition) is 1. The second-order valence-electron chi connectivity index (χ2n) is 11.0. The molecule has 0 bridgehead atoms. The van der Waals surface area contributed by atoms with E-state index in [9.17, 15) is 27.5 Å². The van der Waals surface area contributed by atoms with Crippen molar-refractivity contribution in [3.63, 3.8) is 0 Å². The summed E-state index contributed by atoms with van der Waals surface area (Å²) in [5, 5.41) is 12.0. The van der Waals surface area contributed by atoms with E-state index in [0.29, 0.717) is 54.6 Å². The minimum Gasteiger partial charge on any atom is -0.385 e. The number of alkyl halides is 3. The Morgan fingerprint density at radius 2 is 1.71 bits per heavy atom. The number of rotatable bonds is 5. The van der Waals surface area contributed by atoms with Crippen molar-refractivity contribution in [1.82, 2.24) is 19.7 Å². The molecule has 12 heteroatoms. The number of nitrogens with zero attached hydrogens (tertiary/aromatic N) is 4. The zero-order valence-electron chi connectivity index (χ0n) is 22.8. The number of pyridine rings is 1. The number of likely N-dealkylation sites (tertiary alicyclic amines) is 2. The van der Waals surface area contributed by atoms with Crippen LogP contribution in [0.5, 0.6) is 0 Å². The Balaban J connectivity index is 1.33. The number of hydrogen-bond acceptors (Lipinski definition) is 4. The minimum absolute atomic E-state index is 0.159. The third-order valence-electron chi connectivity index (χ3n) is 8.35. The van der Waals surface area contributed by atoms with Crippen LogP contribution in [0.4, 0.5) is 22.4 Å². The zero-order valence-corrected chi connectivity index (χ0v) is 24.3. The highest BCUT2D eigenvalue weighted by Crippen LogP contribution is 2.37. The molecule has 2 amide bonds. The first kappa shape index (κ1) is 30.5. The molecular formula is C30H30Cl2F4N4O2. The predicted octanol–water partition coefficient (Wildman–Crippen LogP) is 6.55. The van der Waals surface area contributed by atoms with Gasteiger partial charge in [0, 0.05) is 57.1 Å². The Bertz CT molecular complexity index is 1430. The van der Waals surface area contributed by atoms with Crippen LogP contribution in [-0.2, 0) is 18.3 Å². The fourth-order valence-corrected chi connectivity index (χ4v) is 6.28. The van der Waals surface area contributed by atoms with Crippen LogP contribution in [-0.4, -0.2) is 70.1 Å². The maximum absolute atomic E-state index is 14.3. The van der Waals surface area contributed by atoms with Gasteiger partial charge >= 0.3 is 12.2 Å². The van der Waals surface area contributed by atoms with Gasteiger partial charge in [0.15, 0.2) is 0 Å². The van der Waals surface area contributed by atoms with Gasteiger partial charge in [-0.3, -0.25) is 9.88 Å². The lowest BCUT2D eigenvalue weighted by atomic mass is 9.85. The standard InChI is InChI=1S/C30H30Cl2F4N4O2/c1-38(16-19-2-4-23(26(33)14-19)30(34,35)36)27-18-40(17-22(27)20-3-5-24(31)25(32)15-20)28(41)39-12-8-29(42,9-13-39)21-6-10-37-11-7-21/h2-7,10-11,14-15,22,27,42H,8-9,12-13,16-18H2,1H3/t22-,27?/m1/s1. The molecule has 3 aromatic rings. The molecular weight excluding hydrogens is 595 g/mol. The second kappa shape index (κ2) is 12.0. The van der Waals surface area contributed by atoms with Gasteiger partial charge in [-0.25, -0.2) is 9.18 Å².